The highest BCUT2D eigenvalue weighted by Crippen LogP contribution is 2.31. The van der Waals surface area contributed by atoms with E-state index in [-0.39, 0.29) is 11.3 Å². The van der Waals surface area contributed by atoms with Gasteiger partial charge >= 0.3 is 6.36 Å². The molecular weight excluding hydrogens is 387 g/mol. The van der Waals surface area contributed by atoms with Crippen molar-refractivity contribution >= 4 is 27.2 Å². The molecule has 6 nitrogen and oxygen atoms in total. The van der Waals surface area contributed by atoms with Crippen LogP contribution in [-0.4, -0.2) is 20.7 Å². The van der Waals surface area contributed by atoms with Crippen molar-refractivity contribution in [3.8, 4) is 5.75 Å². The predicted molar refractivity (Wildman–Crippen MR) is 87.7 cm³/mol. The third-order valence-electron chi connectivity index (χ3n) is 3.68. The van der Waals surface area contributed by atoms with Crippen LogP contribution in [0.3, 0.4) is 0 Å². The first kappa shape index (κ1) is 18.8. The molecule has 142 valence electrons. The van der Waals surface area contributed by atoms with Crippen molar-refractivity contribution in [2.45, 2.75) is 12.1 Å². The molecule has 0 bridgehead atoms. The minimum atomic E-state index is -4.86. The fourth-order valence-electron chi connectivity index (χ4n) is 2.58. The van der Waals surface area contributed by atoms with E-state index in [2.05, 4.69) is 10.1 Å². The lowest BCUT2D eigenvalue weighted by atomic mass is 10.1. The summed E-state index contributed by atoms with van der Waals surface area (Å²) >= 11 is 0. The van der Waals surface area contributed by atoms with Gasteiger partial charge in [-0.05, 0) is 35.4 Å². The molecule has 1 N–H and O–H groups in total. The summed E-state index contributed by atoms with van der Waals surface area (Å²) in [5.74, 6) is -3.08. The van der Waals surface area contributed by atoms with Gasteiger partial charge in [-0.3, -0.25) is 4.79 Å². The van der Waals surface area contributed by atoms with Crippen LogP contribution in [0.4, 0.5) is 18.9 Å². The van der Waals surface area contributed by atoms with Crippen molar-refractivity contribution < 1.29 is 36.2 Å². The average Bonchev–Trinajstić information content (AvgIpc) is 2.54. The molecule has 1 amide bonds. The number of ether oxygens (including phenoxy) is 1. The fourth-order valence-corrected chi connectivity index (χ4v) is 4.11. The maximum atomic E-state index is 12.5. The monoisotopic (exact) mass is 398 g/mol. The zero-order valence-electron chi connectivity index (χ0n) is 13.4. The molecule has 0 fully saturated rings. The molecule has 0 unspecified atom stereocenters. The van der Waals surface area contributed by atoms with Crippen LogP contribution in [0.2, 0.25) is 0 Å². The molecule has 1 heterocycles. The zero-order valence-corrected chi connectivity index (χ0v) is 14.2. The molecule has 0 aliphatic carbocycles. The lowest BCUT2D eigenvalue weighted by molar-refractivity contribution is -0.274. The van der Waals surface area contributed by atoms with Crippen LogP contribution < -0.4 is 15.2 Å². The average molecular weight is 398 g/mol. The number of anilines is 1. The van der Waals surface area contributed by atoms with E-state index in [4.69, 9.17) is 0 Å². The molecule has 0 radical (unpaired) electrons. The highest BCUT2D eigenvalue weighted by Gasteiger charge is 2.32. The SMILES string of the molecule is O=C(Nc1ccc(OC(F)(F)F)cc1)C1=C([O-])c2ccccc2CS1(=O)=O. The van der Waals surface area contributed by atoms with Crippen LogP contribution in [0.5, 0.6) is 5.75 Å². The van der Waals surface area contributed by atoms with E-state index in [0.29, 0.717) is 5.56 Å². The summed E-state index contributed by atoms with van der Waals surface area (Å²) in [5.41, 5.74) is 0.419. The lowest BCUT2D eigenvalue weighted by Crippen LogP contribution is -2.29. The van der Waals surface area contributed by atoms with Gasteiger partial charge in [-0.25, -0.2) is 8.42 Å². The van der Waals surface area contributed by atoms with Gasteiger partial charge in [0, 0.05) is 5.69 Å². The topological polar surface area (TPSA) is 95.5 Å². The molecule has 1 aliphatic rings. The van der Waals surface area contributed by atoms with E-state index < -0.39 is 44.3 Å². The molecule has 1 aliphatic heterocycles. The van der Waals surface area contributed by atoms with Gasteiger partial charge in [-0.15, -0.1) is 13.2 Å². The molecular formula is C17H11F3NO5S-. The number of sulfone groups is 1. The molecule has 27 heavy (non-hydrogen) atoms. The normalized spacial score (nSPS) is 15.8. The Morgan fingerprint density at radius 2 is 1.70 bits per heavy atom. The maximum absolute atomic E-state index is 12.5. The van der Waals surface area contributed by atoms with Gasteiger partial charge in [0.05, 0.1) is 5.75 Å². The van der Waals surface area contributed by atoms with E-state index in [1.807, 2.05) is 0 Å². The van der Waals surface area contributed by atoms with Gasteiger partial charge in [0.25, 0.3) is 5.91 Å². The molecule has 0 saturated carbocycles. The number of halogens is 3. The number of fused-ring (bicyclic) bond motifs is 1. The fraction of sp³-hybridized carbons (Fsp3) is 0.118. The Labute approximate surface area is 151 Å². The van der Waals surface area contributed by atoms with Gasteiger partial charge in [0.1, 0.15) is 10.7 Å². The Kier molecular flexibility index (Phi) is 4.60. The number of carbonyl (C=O) groups excluding carboxylic acids is 1. The highest BCUT2D eigenvalue weighted by atomic mass is 32.2. The third kappa shape index (κ3) is 4.05. The Balaban J connectivity index is 1.87. The summed E-state index contributed by atoms with van der Waals surface area (Å²) in [6.45, 7) is 0. The van der Waals surface area contributed by atoms with Crippen LogP contribution in [0, 0.1) is 0 Å². The minimum absolute atomic E-state index is 0.00360. The van der Waals surface area contributed by atoms with Crippen molar-refractivity contribution in [2.24, 2.45) is 0 Å². The Hall–Kier alpha value is -3.01. The van der Waals surface area contributed by atoms with Crippen molar-refractivity contribution in [1.29, 1.82) is 0 Å². The first-order chi connectivity index (χ1) is 12.6. The summed E-state index contributed by atoms with van der Waals surface area (Å²) in [7, 11) is -4.16. The number of nitrogens with one attached hydrogen (secondary N) is 1. The lowest BCUT2D eigenvalue weighted by Gasteiger charge is -2.26. The molecule has 0 saturated heterocycles. The second-order valence-electron chi connectivity index (χ2n) is 5.60. The van der Waals surface area contributed by atoms with E-state index >= 15 is 0 Å². The standard InChI is InChI=1S/C17H12F3NO5S/c18-17(19,20)26-12-7-5-11(6-8-12)21-16(23)15-14(22)13-4-2-1-3-10(13)9-27(15,24)25/h1-8,22H,9H2,(H,21,23)/p-1. The summed E-state index contributed by atoms with van der Waals surface area (Å²) in [4.78, 5) is 11.5. The molecule has 2 aromatic carbocycles. The minimum Gasteiger partial charge on any atom is -0.871 e. The predicted octanol–water partition coefficient (Wildman–Crippen LogP) is 2.18. The van der Waals surface area contributed by atoms with Crippen LogP contribution >= 0.6 is 0 Å². The van der Waals surface area contributed by atoms with E-state index in [1.54, 1.807) is 12.1 Å². The molecule has 10 heteroatoms. The smallest absolute Gasteiger partial charge is 0.573 e. The summed E-state index contributed by atoms with van der Waals surface area (Å²) in [6.07, 6.45) is -4.86. The van der Waals surface area contributed by atoms with Crippen molar-refractivity contribution in [1.82, 2.24) is 0 Å². The number of carbonyl (C=O) groups is 1. The molecule has 0 aromatic heterocycles. The number of benzene rings is 2. The van der Waals surface area contributed by atoms with E-state index in [0.717, 1.165) is 24.3 Å². The molecule has 2 aromatic rings. The Morgan fingerprint density at radius 1 is 1.07 bits per heavy atom. The second-order valence-corrected chi connectivity index (χ2v) is 7.53. The molecule has 0 spiro atoms. The number of rotatable bonds is 3. The number of hydrogen-bond acceptors (Lipinski definition) is 5. The largest absolute Gasteiger partial charge is 0.871 e. The van der Waals surface area contributed by atoms with Gasteiger partial charge in [-0.1, -0.05) is 30.0 Å². The third-order valence-corrected chi connectivity index (χ3v) is 5.36. The van der Waals surface area contributed by atoms with Crippen LogP contribution in [0.1, 0.15) is 11.1 Å². The van der Waals surface area contributed by atoms with E-state index in [1.165, 1.54) is 12.1 Å². The highest BCUT2D eigenvalue weighted by molar-refractivity contribution is 7.95. The van der Waals surface area contributed by atoms with Crippen LogP contribution in [0.15, 0.2) is 53.4 Å². The van der Waals surface area contributed by atoms with Crippen LogP contribution in [0.25, 0.3) is 5.76 Å². The zero-order chi connectivity index (χ0) is 19.8. The van der Waals surface area contributed by atoms with E-state index in [9.17, 15) is 31.5 Å². The second kappa shape index (κ2) is 6.62. The Bertz CT molecular complexity index is 1030. The van der Waals surface area contributed by atoms with Crippen molar-refractivity contribution in [3.63, 3.8) is 0 Å². The van der Waals surface area contributed by atoms with Crippen molar-refractivity contribution in [3.05, 3.63) is 64.6 Å². The molecule has 3 rings (SSSR count). The first-order valence-electron chi connectivity index (χ1n) is 7.46. The first-order valence-corrected chi connectivity index (χ1v) is 9.11. The molecule has 0 atom stereocenters. The summed E-state index contributed by atoms with van der Waals surface area (Å²) in [6, 6.07) is 10.1. The van der Waals surface area contributed by atoms with Gasteiger partial charge in [0.15, 0.2) is 9.84 Å². The van der Waals surface area contributed by atoms with Gasteiger partial charge in [0.2, 0.25) is 0 Å². The number of alkyl halides is 3. The maximum Gasteiger partial charge on any atom is 0.573 e. The van der Waals surface area contributed by atoms with Crippen molar-refractivity contribution in [2.75, 3.05) is 5.32 Å². The van der Waals surface area contributed by atoms with Crippen LogP contribution in [-0.2, 0) is 20.4 Å². The number of hydrogen-bond donors (Lipinski definition) is 1. The summed E-state index contributed by atoms with van der Waals surface area (Å²) < 4.78 is 64.8. The summed E-state index contributed by atoms with van der Waals surface area (Å²) in [5, 5.41) is 14.7. The van der Waals surface area contributed by atoms with Gasteiger partial charge < -0.3 is 15.2 Å². The quantitative estimate of drug-likeness (QED) is 0.855. The number of amides is 1. The Morgan fingerprint density at radius 3 is 2.33 bits per heavy atom. The van der Waals surface area contributed by atoms with Gasteiger partial charge in [-0.2, -0.15) is 0 Å².